The summed E-state index contributed by atoms with van der Waals surface area (Å²) < 4.78 is 25.0. The van der Waals surface area contributed by atoms with Crippen LogP contribution in [0.15, 0.2) is 30.5 Å². The van der Waals surface area contributed by atoms with E-state index in [-0.39, 0.29) is 12.4 Å². The number of fused-ring (bicyclic) bond motifs is 4. The summed E-state index contributed by atoms with van der Waals surface area (Å²) >= 11 is 0. The van der Waals surface area contributed by atoms with E-state index in [0.29, 0.717) is 0 Å². The van der Waals surface area contributed by atoms with Crippen LogP contribution in [0.5, 0.6) is 23.0 Å². The Kier molecular flexibility index (Phi) is 8.30. The molecule has 0 N–H and O–H groups in total. The summed E-state index contributed by atoms with van der Waals surface area (Å²) in [6.45, 7) is 3.17. The minimum Gasteiger partial charge on any atom is -1.00 e. The fourth-order valence-electron chi connectivity index (χ4n) is 4.93. The van der Waals surface area contributed by atoms with E-state index in [1.54, 1.807) is 28.4 Å². The number of rotatable bonds is 9. The van der Waals surface area contributed by atoms with Crippen LogP contribution >= 0.6 is 0 Å². The number of pyridine rings is 1. The Morgan fingerprint density at radius 1 is 0.818 bits per heavy atom. The highest BCUT2D eigenvalue weighted by Gasteiger charge is 2.31. The number of halogens is 1. The zero-order valence-electron chi connectivity index (χ0n) is 20.3. The van der Waals surface area contributed by atoms with Crippen LogP contribution < -0.4 is 35.9 Å². The lowest BCUT2D eigenvalue weighted by atomic mass is 9.89. The molecule has 0 atom stereocenters. The maximum Gasteiger partial charge on any atom is 0.216 e. The summed E-state index contributed by atoms with van der Waals surface area (Å²) in [4.78, 5) is 0. The fraction of sp³-hybridized carbons (Fsp3) is 0.444. The third-order valence-corrected chi connectivity index (χ3v) is 6.53. The zero-order valence-corrected chi connectivity index (χ0v) is 21.1. The van der Waals surface area contributed by atoms with Crippen molar-refractivity contribution in [1.82, 2.24) is 0 Å². The maximum atomic E-state index is 5.80. The lowest BCUT2D eigenvalue weighted by Crippen LogP contribution is -3.00. The predicted molar refractivity (Wildman–Crippen MR) is 127 cm³/mol. The van der Waals surface area contributed by atoms with Crippen molar-refractivity contribution in [3.8, 4) is 34.3 Å². The normalized spacial score (nSPS) is 11.9. The summed E-state index contributed by atoms with van der Waals surface area (Å²) in [5.41, 5.74) is 5.18. The van der Waals surface area contributed by atoms with Crippen LogP contribution in [0.3, 0.4) is 0 Å². The minimum atomic E-state index is 0. The van der Waals surface area contributed by atoms with Gasteiger partial charge < -0.3 is 31.4 Å². The molecule has 1 aromatic heterocycles. The van der Waals surface area contributed by atoms with E-state index in [0.717, 1.165) is 54.2 Å². The van der Waals surface area contributed by atoms with Crippen LogP contribution in [0.1, 0.15) is 43.7 Å². The van der Waals surface area contributed by atoms with Crippen molar-refractivity contribution in [2.45, 2.75) is 52.0 Å². The summed E-state index contributed by atoms with van der Waals surface area (Å²) in [6, 6.07) is 8.48. The van der Waals surface area contributed by atoms with Gasteiger partial charge in [0.25, 0.3) is 0 Å². The minimum absolute atomic E-state index is 0. The Morgan fingerprint density at radius 2 is 1.55 bits per heavy atom. The second-order valence-electron chi connectivity index (χ2n) is 8.34. The Labute approximate surface area is 203 Å². The highest BCUT2D eigenvalue weighted by atomic mass is 35.5. The molecular formula is C27H34ClNO4. The van der Waals surface area contributed by atoms with Gasteiger partial charge in [0.15, 0.2) is 35.7 Å². The topological polar surface area (TPSA) is 40.8 Å². The maximum absolute atomic E-state index is 5.80. The quantitative estimate of drug-likeness (QED) is 0.355. The van der Waals surface area contributed by atoms with Crippen LogP contribution in [-0.2, 0) is 19.4 Å². The van der Waals surface area contributed by atoms with E-state index in [2.05, 4.69) is 35.9 Å². The van der Waals surface area contributed by atoms with Crippen molar-refractivity contribution < 1.29 is 35.9 Å². The van der Waals surface area contributed by atoms with Crippen molar-refractivity contribution in [1.29, 1.82) is 0 Å². The molecule has 5 nitrogen and oxygen atoms in total. The van der Waals surface area contributed by atoms with E-state index in [4.69, 9.17) is 18.9 Å². The molecule has 1 aliphatic heterocycles. The molecule has 0 bridgehead atoms. The standard InChI is InChI=1S/C27H34NO4.ClH/c1-6-7-8-9-10-20-19-11-12-23(29-2)27(32-5)22(19)17-28-14-13-18-15-24(30-3)25(31-4)16-21(18)26(20)28;/h11-12,15-17H,6-10,13-14H2,1-5H3;1H/q+1;/p-1. The molecule has 0 amide bonds. The summed E-state index contributed by atoms with van der Waals surface area (Å²) in [7, 11) is 6.80. The van der Waals surface area contributed by atoms with E-state index >= 15 is 0 Å². The average molecular weight is 472 g/mol. The number of aromatic nitrogens is 1. The van der Waals surface area contributed by atoms with Gasteiger partial charge in [-0.1, -0.05) is 26.2 Å². The van der Waals surface area contributed by atoms with Gasteiger partial charge in [0.05, 0.1) is 39.4 Å². The van der Waals surface area contributed by atoms with Gasteiger partial charge in [-0.25, -0.2) is 0 Å². The first-order valence-electron chi connectivity index (χ1n) is 11.5. The number of ether oxygens (including phenoxy) is 4. The first kappa shape index (κ1) is 25.0. The summed E-state index contributed by atoms with van der Waals surface area (Å²) in [5, 5.41) is 2.33. The van der Waals surface area contributed by atoms with E-state index in [9.17, 15) is 0 Å². The molecule has 0 saturated carbocycles. The smallest absolute Gasteiger partial charge is 0.216 e. The molecule has 0 aliphatic carbocycles. The van der Waals surface area contributed by atoms with Crippen LogP contribution in [0.4, 0.5) is 0 Å². The molecule has 0 spiro atoms. The summed E-state index contributed by atoms with van der Waals surface area (Å²) in [5.74, 6) is 3.12. The fourth-order valence-corrected chi connectivity index (χ4v) is 4.93. The second kappa shape index (κ2) is 11.0. The van der Waals surface area contributed by atoms with Gasteiger partial charge in [-0.2, -0.15) is 4.57 Å². The molecule has 178 valence electrons. The molecule has 0 radical (unpaired) electrons. The van der Waals surface area contributed by atoms with Gasteiger partial charge in [0, 0.05) is 17.4 Å². The Hall–Kier alpha value is -2.66. The number of methoxy groups -OCH3 is 4. The highest BCUT2D eigenvalue weighted by molar-refractivity contribution is 5.95. The van der Waals surface area contributed by atoms with Gasteiger partial charge in [-0.05, 0) is 42.7 Å². The largest absolute Gasteiger partial charge is 1.00 e. The van der Waals surface area contributed by atoms with E-state index < -0.39 is 0 Å². The van der Waals surface area contributed by atoms with Gasteiger partial charge in [0.1, 0.15) is 0 Å². The molecule has 2 aromatic carbocycles. The number of aryl methyl sites for hydroxylation is 3. The van der Waals surface area contributed by atoms with Gasteiger partial charge in [-0.15, -0.1) is 0 Å². The molecular weight excluding hydrogens is 438 g/mol. The van der Waals surface area contributed by atoms with Crippen molar-refractivity contribution in [2.24, 2.45) is 0 Å². The number of hydrogen-bond donors (Lipinski definition) is 0. The Bertz CT molecular complexity index is 1130. The first-order valence-corrected chi connectivity index (χ1v) is 11.5. The Balaban J connectivity index is 0.00000306. The zero-order chi connectivity index (χ0) is 22.7. The van der Waals surface area contributed by atoms with Gasteiger partial charge in [-0.3, -0.25) is 0 Å². The lowest BCUT2D eigenvalue weighted by Gasteiger charge is -2.22. The monoisotopic (exact) mass is 471 g/mol. The molecule has 2 heterocycles. The molecule has 6 heteroatoms. The SMILES string of the molecule is CCCCCCc1c2[n+](cc3c(OC)c(OC)ccc13)CCc1cc(OC)c(OC)cc1-2.[Cl-]. The number of hydrogen-bond acceptors (Lipinski definition) is 4. The van der Waals surface area contributed by atoms with E-state index in [1.807, 2.05) is 6.07 Å². The Morgan fingerprint density at radius 3 is 2.21 bits per heavy atom. The average Bonchev–Trinajstić information content (AvgIpc) is 2.83. The predicted octanol–water partition coefficient (Wildman–Crippen LogP) is 2.51. The second-order valence-corrected chi connectivity index (χ2v) is 8.34. The van der Waals surface area contributed by atoms with Crippen LogP contribution in [-0.4, -0.2) is 28.4 Å². The van der Waals surface area contributed by atoms with Crippen LogP contribution in [0.2, 0.25) is 0 Å². The van der Waals surface area contributed by atoms with Crippen LogP contribution in [0, 0.1) is 0 Å². The highest BCUT2D eigenvalue weighted by Crippen LogP contribution is 2.42. The molecule has 0 saturated heterocycles. The van der Waals surface area contributed by atoms with Crippen molar-refractivity contribution in [3.63, 3.8) is 0 Å². The third kappa shape index (κ3) is 4.56. The van der Waals surface area contributed by atoms with Crippen molar-refractivity contribution >= 4 is 10.8 Å². The summed E-state index contributed by atoms with van der Waals surface area (Å²) in [6.07, 6.45) is 9.08. The van der Waals surface area contributed by atoms with Gasteiger partial charge >= 0.3 is 0 Å². The molecule has 4 rings (SSSR count). The molecule has 1 aliphatic rings. The van der Waals surface area contributed by atoms with Crippen LogP contribution in [0.25, 0.3) is 22.0 Å². The lowest BCUT2D eigenvalue weighted by molar-refractivity contribution is -0.686. The first-order chi connectivity index (χ1) is 15.7. The number of nitrogens with zero attached hydrogens (tertiary/aromatic N) is 1. The van der Waals surface area contributed by atoms with Crippen molar-refractivity contribution in [2.75, 3.05) is 28.4 Å². The molecule has 0 fully saturated rings. The van der Waals surface area contributed by atoms with Gasteiger partial charge in [0.2, 0.25) is 5.69 Å². The van der Waals surface area contributed by atoms with Crippen molar-refractivity contribution in [3.05, 3.63) is 41.6 Å². The third-order valence-electron chi connectivity index (χ3n) is 6.53. The number of unbranched alkanes of at least 4 members (excludes halogenated alkanes) is 3. The molecule has 33 heavy (non-hydrogen) atoms. The van der Waals surface area contributed by atoms with E-state index in [1.165, 1.54) is 47.0 Å². The molecule has 0 unspecified atom stereocenters. The number of benzene rings is 2. The molecule has 3 aromatic rings.